The molecule has 0 bridgehead atoms. The Kier molecular flexibility index (Phi) is 4.73. The van der Waals surface area contributed by atoms with Crippen LogP contribution in [0.3, 0.4) is 0 Å². The van der Waals surface area contributed by atoms with Crippen LogP contribution in [-0.2, 0) is 6.42 Å². The van der Waals surface area contributed by atoms with E-state index in [0.717, 1.165) is 46.4 Å². The number of ketones is 1. The van der Waals surface area contributed by atoms with Crippen molar-refractivity contribution in [1.29, 1.82) is 0 Å². The van der Waals surface area contributed by atoms with Crippen molar-refractivity contribution in [2.75, 3.05) is 5.32 Å². The van der Waals surface area contributed by atoms with E-state index >= 15 is 0 Å². The number of hydrogen-bond donors (Lipinski definition) is 1. The van der Waals surface area contributed by atoms with Crippen LogP contribution in [-0.4, -0.2) is 20.2 Å². The first-order valence-electron chi connectivity index (χ1n) is 8.95. The van der Waals surface area contributed by atoms with Crippen molar-refractivity contribution in [3.63, 3.8) is 0 Å². The van der Waals surface area contributed by atoms with Crippen molar-refractivity contribution in [2.24, 2.45) is 0 Å². The monoisotopic (exact) mass is 376 g/mol. The molecule has 136 valence electrons. The summed E-state index contributed by atoms with van der Waals surface area (Å²) in [6.07, 6.45) is 3.99. The summed E-state index contributed by atoms with van der Waals surface area (Å²) in [5, 5.41) is 6.19. The van der Waals surface area contributed by atoms with Gasteiger partial charge in [-0.3, -0.25) is 9.20 Å². The number of aromatic nitrogens is 3. The molecular formula is C21H20N4OS. The van der Waals surface area contributed by atoms with E-state index in [9.17, 15) is 4.79 Å². The summed E-state index contributed by atoms with van der Waals surface area (Å²) in [5.74, 6) is 0.0640. The predicted octanol–water partition coefficient (Wildman–Crippen LogP) is 5.36. The summed E-state index contributed by atoms with van der Waals surface area (Å²) in [5.41, 5.74) is 5.61. The zero-order valence-electron chi connectivity index (χ0n) is 15.3. The van der Waals surface area contributed by atoms with E-state index in [2.05, 4.69) is 22.0 Å². The summed E-state index contributed by atoms with van der Waals surface area (Å²) >= 11 is 1.56. The fourth-order valence-electron chi connectivity index (χ4n) is 3.08. The van der Waals surface area contributed by atoms with Crippen LogP contribution in [0.25, 0.3) is 17.0 Å². The lowest BCUT2D eigenvalue weighted by molar-refractivity contribution is 0.101. The van der Waals surface area contributed by atoms with Crippen LogP contribution in [0.2, 0.25) is 0 Å². The number of pyridine rings is 1. The number of aryl methyl sites for hydroxylation is 1. The average Bonchev–Trinajstić information content (AvgIpc) is 3.26. The Hall–Kier alpha value is -2.99. The van der Waals surface area contributed by atoms with Gasteiger partial charge < -0.3 is 5.32 Å². The third kappa shape index (κ3) is 3.48. The number of carbonyl (C=O) groups excluding carboxylic acids is 1. The maximum absolute atomic E-state index is 11.4. The van der Waals surface area contributed by atoms with Gasteiger partial charge in [-0.1, -0.05) is 19.4 Å². The molecule has 3 heterocycles. The first-order valence-corrected chi connectivity index (χ1v) is 9.83. The minimum Gasteiger partial charge on any atom is -0.332 e. The van der Waals surface area contributed by atoms with Gasteiger partial charge in [-0.05, 0) is 49.7 Å². The molecule has 6 heteroatoms. The van der Waals surface area contributed by atoms with Crippen LogP contribution in [0.1, 0.15) is 36.3 Å². The second-order valence-corrected chi connectivity index (χ2v) is 7.24. The zero-order valence-corrected chi connectivity index (χ0v) is 16.1. The van der Waals surface area contributed by atoms with Gasteiger partial charge >= 0.3 is 0 Å². The topological polar surface area (TPSA) is 59.3 Å². The van der Waals surface area contributed by atoms with Gasteiger partial charge in [-0.25, -0.2) is 9.97 Å². The van der Waals surface area contributed by atoms with Crippen LogP contribution in [0, 0.1) is 0 Å². The van der Waals surface area contributed by atoms with Crippen molar-refractivity contribution in [3.05, 3.63) is 65.3 Å². The molecule has 0 unspecified atom stereocenters. The van der Waals surface area contributed by atoms with Gasteiger partial charge in [0.15, 0.2) is 10.9 Å². The van der Waals surface area contributed by atoms with E-state index in [1.54, 1.807) is 18.3 Å². The number of nitrogens with one attached hydrogen (secondary N) is 1. The Balaban J connectivity index is 1.65. The minimum absolute atomic E-state index is 0.0640. The van der Waals surface area contributed by atoms with Gasteiger partial charge in [0.05, 0.1) is 11.4 Å². The van der Waals surface area contributed by atoms with Crippen molar-refractivity contribution in [3.8, 4) is 11.4 Å². The Bertz CT molecular complexity index is 1100. The highest BCUT2D eigenvalue weighted by molar-refractivity contribution is 7.14. The van der Waals surface area contributed by atoms with E-state index in [0.29, 0.717) is 5.56 Å². The van der Waals surface area contributed by atoms with E-state index < -0.39 is 0 Å². The number of carbonyl (C=O) groups is 1. The number of nitrogens with zero attached hydrogens (tertiary/aromatic N) is 3. The highest BCUT2D eigenvalue weighted by atomic mass is 32.1. The van der Waals surface area contributed by atoms with Crippen molar-refractivity contribution < 1.29 is 4.79 Å². The molecule has 3 aromatic heterocycles. The molecule has 0 amide bonds. The molecule has 5 nitrogen and oxygen atoms in total. The number of fused-ring (bicyclic) bond motifs is 1. The lowest BCUT2D eigenvalue weighted by atomic mass is 10.1. The summed E-state index contributed by atoms with van der Waals surface area (Å²) in [6.45, 7) is 3.73. The van der Waals surface area contributed by atoms with Crippen molar-refractivity contribution in [2.45, 2.75) is 26.7 Å². The summed E-state index contributed by atoms with van der Waals surface area (Å²) in [7, 11) is 0. The lowest BCUT2D eigenvalue weighted by Gasteiger charge is -2.04. The number of anilines is 2. The molecule has 27 heavy (non-hydrogen) atoms. The molecule has 0 saturated carbocycles. The predicted molar refractivity (Wildman–Crippen MR) is 110 cm³/mol. The zero-order chi connectivity index (χ0) is 18.8. The molecule has 1 aromatic carbocycles. The van der Waals surface area contributed by atoms with Crippen molar-refractivity contribution in [1.82, 2.24) is 14.4 Å². The largest absolute Gasteiger partial charge is 0.332 e. The van der Waals surface area contributed by atoms with Gasteiger partial charge in [-0.2, -0.15) is 0 Å². The molecular weight excluding hydrogens is 356 g/mol. The molecule has 0 aliphatic rings. The lowest BCUT2D eigenvalue weighted by Crippen LogP contribution is -1.95. The smallest absolute Gasteiger partial charge is 0.187 e. The summed E-state index contributed by atoms with van der Waals surface area (Å²) < 4.78 is 2.10. The van der Waals surface area contributed by atoms with Gasteiger partial charge in [0, 0.05) is 22.8 Å². The van der Waals surface area contributed by atoms with E-state index in [1.165, 1.54) is 0 Å². The normalized spacial score (nSPS) is 11.0. The fourth-order valence-corrected chi connectivity index (χ4v) is 3.79. The highest BCUT2D eigenvalue weighted by Crippen LogP contribution is 2.30. The maximum atomic E-state index is 11.4. The standard InChI is InChI=1S/C21H20N4OS/c1-3-6-17-20(25-12-5-4-7-19(25)23-17)18-13-27-21(24-18)22-16-10-8-15(9-11-16)14(2)26/h4-5,7-13H,3,6H2,1-2H3,(H,22,24). The second-order valence-electron chi connectivity index (χ2n) is 6.38. The van der Waals surface area contributed by atoms with E-state index in [4.69, 9.17) is 9.97 Å². The number of imidazole rings is 1. The molecule has 0 aliphatic carbocycles. The third-order valence-corrected chi connectivity index (χ3v) is 5.14. The van der Waals surface area contributed by atoms with Gasteiger partial charge in [0.25, 0.3) is 0 Å². The Morgan fingerprint density at radius 1 is 1.15 bits per heavy atom. The molecule has 0 spiro atoms. The SMILES string of the molecule is CCCc1nc2ccccn2c1-c1csc(Nc2ccc(C(C)=O)cc2)n1. The fraction of sp³-hybridized carbons (Fsp3) is 0.190. The van der Waals surface area contributed by atoms with Crippen LogP contribution in [0.5, 0.6) is 0 Å². The number of hydrogen-bond acceptors (Lipinski definition) is 5. The summed E-state index contributed by atoms with van der Waals surface area (Å²) in [4.78, 5) is 21.0. The molecule has 0 aliphatic heterocycles. The van der Waals surface area contributed by atoms with Crippen LogP contribution in [0.4, 0.5) is 10.8 Å². The van der Waals surface area contributed by atoms with Gasteiger partial charge in [0.1, 0.15) is 11.3 Å². The first kappa shape index (κ1) is 17.4. The van der Waals surface area contributed by atoms with Crippen LogP contribution >= 0.6 is 11.3 Å². The van der Waals surface area contributed by atoms with Crippen LogP contribution in [0.15, 0.2) is 54.0 Å². The minimum atomic E-state index is 0.0640. The van der Waals surface area contributed by atoms with Gasteiger partial charge in [-0.15, -0.1) is 11.3 Å². The molecule has 0 radical (unpaired) electrons. The average molecular weight is 376 g/mol. The molecule has 0 fully saturated rings. The van der Waals surface area contributed by atoms with Crippen LogP contribution < -0.4 is 5.32 Å². The molecule has 4 rings (SSSR count). The first-order chi connectivity index (χ1) is 13.2. The maximum Gasteiger partial charge on any atom is 0.187 e. The van der Waals surface area contributed by atoms with Gasteiger partial charge in [0.2, 0.25) is 0 Å². The Labute approximate surface area is 161 Å². The Morgan fingerprint density at radius 3 is 2.70 bits per heavy atom. The Morgan fingerprint density at radius 2 is 1.96 bits per heavy atom. The molecule has 0 saturated heterocycles. The number of Topliss-reactive ketones (excluding diaryl/α,β-unsaturated/α-hetero) is 1. The quantitative estimate of drug-likeness (QED) is 0.460. The number of rotatable bonds is 6. The molecule has 1 N–H and O–H groups in total. The number of benzene rings is 1. The highest BCUT2D eigenvalue weighted by Gasteiger charge is 2.16. The molecule has 0 atom stereocenters. The third-order valence-electron chi connectivity index (χ3n) is 4.38. The molecule has 4 aromatic rings. The van der Waals surface area contributed by atoms with E-state index in [-0.39, 0.29) is 5.78 Å². The number of thiazole rings is 1. The van der Waals surface area contributed by atoms with E-state index in [1.807, 2.05) is 48.7 Å². The second kappa shape index (κ2) is 7.32. The summed E-state index contributed by atoms with van der Waals surface area (Å²) in [6, 6.07) is 13.5. The van der Waals surface area contributed by atoms with Crippen molar-refractivity contribution >= 4 is 33.6 Å².